The molecule has 1 aromatic rings. The van der Waals surface area contributed by atoms with E-state index in [1.54, 1.807) is 0 Å². The van der Waals surface area contributed by atoms with Gasteiger partial charge in [-0.3, -0.25) is 14.4 Å². The number of amides is 2. The molecule has 1 heterocycles. The summed E-state index contributed by atoms with van der Waals surface area (Å²) in [6.07, 6.45) is 12.6. The number of carbonyl (C=O) groups is 3. The smallest absolute Gasteiger partial charge is 0.305 e. The Kier molecular flexibility index (Phi) is 12.2. The Hall–Kier alpha value is -2.57. The van der Waals surface area contributed by atoms with Crippen molar-refractivity contribution in [3.63, 3.8) is 0 Å². The maximum atomic E-state index is 13.2. The van der Waals surface area contributed by atoms with E-state index < -0.39 is 0 Å². The van der Waals surface area contributed by atoms with Crippen LogP contribution in [0.15, 0.2) is 18.2 Å². The summed E-state index contributed by atoms with van der Waals surface area (Å²) >= 11 is 0. The number of fused-ring (bicyclic) bond motifs is 1. The number of ether oxygens (including phenoxy) is 2. The molecule has 206 valence electrons. The number of nitrogens with zero attached hydrogens (tertiary/aromatic N) is 1. The molecule has 7 heteroatoms. The molecule has 2 amide bonds. The Morgan fingerprint density at radius 2 is 1.89 bits per heavy atom. The number of esters is 1. The number of carbonyl (C=O) groups excluding carboxylic acids is 3. The summed E-state index contributed by atoms with van der Waals surface area (Å²) in [4.78, 5) is 38.4. The van der Waals surface area contributed by atoms with Crippen molar-refractivity contribution < 1.29 is 23.9 Å². The van der Waals surface area contributed by atoms with Gasteiger partial charge in [0.05, 0.1) is 6.61 Å². The zero-order valence-electron chi connectivity index (χ0n) is 22.9. The van der Waals surface area contributed by atoms with E-state index in [4.69, 9.17) is 9.47 Å². The number of rotatable bonds is 15. The lowest BCUT2D eigenvalue weighted by molar-refractivity contribution is -0.149. The van der Waals surface area contributed by atoms with Crippen LogP contribution < -0.4 is 10.1 Å². The lowest BCUT2D eigenvalue weighted by Crippen LogP contribution is -2.37. The lowest BCUT2D eigenvalue weighted by atomic mass is 9.89. The molecule has 3 rings (SSSR count). The minimum atomic E-state index is -0.134. The summed E-state index contributed by atoms with van der Waals surface area (Å²) in [5.41, 5.74) is 1.97. The third kappa shape index (κ3) is 10.0. The molecule has 7 nitrogen and oxygen atoms in total. The number of anilines is 1. The van der Waals surface area contributed by atoms with Crippen LogP contribution in [0.2, 0.25) is 0 Å². The van der Waals surface area contributed by atoms with Crippen molar-refractivity contribution in [3.05, 3.63) is 23.8 Å². The van der Waals surface area contributed by atoms with Gasteiger partial charge in [-0.1, -0.05) is 33.1 Å². The highest BCUT2D eigenvalue weighted by molar-refractivity contribution is 5.94. The standard InChI is InChI=1S/C30H46N2O5/c1-3-25(37-30(35)4-2)13-8-9-19-32(22-23-11-6-5-7-12-23)29(34)14-10-20-36-26-16-17-27-24(21-26)15-18-28(33)31-27/h16-17,21,23,25H,3-15,18-20,22H2,1-2H3,(H,31,33). The Bertz CT molecular complexity index is 881. The van der Waals surface area contributed by atoms with Crippen LogP contribution in [0.3, 0.4) is 0 Å². The summed E-state index contributed by atoms with van der Waals surface area (Å²) in [6, 6.07) is 5.77. The van der Waals surface area contributed by atoms with Crippen molar-refractivity contribution in [2.75, 3.05) is 25.0 Å². The number of nitrogens with one attached hydrogen (secondary N) is 1. The Morgan fingerprint density at radius 3 is 2.65 bits per heavy atom. The minimum Gasteiger partial charge on any atom is -0.494 e. The van der Waals surface area contributed by atoms with Gasteiger partial charge >= 0.3 is 5.97 Å². The third-order valence-corrected chi connectivity index (χ3v) is 7.58. The van der Waals surface area contributed by atoms with Crippen molar-refractivity contribution in [1.82, 2.24) is 4.90 Å². The highest BCUT2D eigenvalue weighted by Gasteiger charge is 2.21. The predicted molar refractivity (Wildman–Crippen MR) is 146 cm³/mol. The average molecular weight is 515 g/mol. The largest absolute Gasteiger partial charge is 0.494 e. The number of unbranched alkanes of at least 4 members (excludes halogenated alkanes) is 1. The molecule has 1 saturated carbocycles. The third-order valence-electron chi connectivity index (χ3n) is 7.58. The summed E-state index contributed by atoms with van der Waals surface area (Å²) in [6.45, 7) is 6.00. The molecular weight excluding hydrogens is 468 g/mol. The van der Waals surface area contributed by atoms with Gasteiger partial charge in [0, 0.05) is 38.0 Å². The van der Waals surface area contributed by atoms with Crippen LogP contribution in [0, 0.1) is 5.92 Å². The molecule has 0 radical (unpaired) electrons. The molecule has 0 aromatic heterocycles. The number of aryl methyl sites for hydroxylation is 1. The van der Waals surface area contributed by atoms with Crippen molar-refractivity contribution in [2.45, 2.75) is 110 Å². The molecule has 0 saturated heterocycles. The first kappa shape index (κ1) is 29.0. The molecule has 1 unspecified atom stereocenters. The summed E-state index contributed by atoms with van der Waals surface area (Å²) in [7, 11) is 0. The maximum absolute atomic E-state index is 13.2. The van der Waals surface area contributed by atoms with Crippen molar-refractivity contribution in [2.24, 2.45) is 5.92 Å². The molecule has 0 spiro atoms. The summed E-state index contributed by atoms with van der Waals surface area (Å²) < 4.78 is 11.4. The molecule has 1 atom stereocenters. The molecular formula is C30H46N2O5. The van der Waals surface area contributed by atoms with E-state index in [2.05, 4.69) is 17.1 Å². The van der Waals surface area contributed by atoms with Crippen molar-refractivity contribution in [1.29, 1.82) is 0 Å². The summed E-state index contributed by atoms with van der Waals surface area (Å²) in [5.74, 6) is 1.54. The molecule has 37 heavy (non-hydrogen) atoms. The van der Waals surface area contributed by atoms with Gasteiger partial charge in [0.25, 0.3) is 0 Å². The van der Waals surface area contributed by atoms with E-state index in [-0.39, 0.29) is 23.9 Å². The Morgan fingerprint density at radius 1 is 1.08 bits per heavy atom. The van der Waals surface area contributed by atoms with E-state index in [1.807, 2.05) is 25.1 Å². The molecule has 0 bridgehead atoms. The number of benzene rings is 1. The number of hydrogen-bond donors (Lipinski definition) is 1. The van der Waals surface area contributed by atoms with Crippen LogP contribution in [0.1, 0.15) is 103 Å². The molecule has 1 fully saturated rings. The van der Waals surface area contributed by atoms with Crippen LogP contribution in [-0.4, -0.2) is 48.5 Å². The molecule has 1 aliphatic heterocycles. The van der Waals surface area contributed by atoms with Gasteiger partial charge < -0.3 is 19.7 Å². The zero-order valence-corrected chi connectivity index (χ0v) is 22.9. The van der Waals surface area contributed by atoms with Crippen LogP contribution in [0.4, 0.5) is 5.69 Å². The van der Waals surface area contributed by atoms with Crippen LogP contribution in [0.25, 0.3) is 0 Å². The Balaban J connectivity index is 1.43. The first-order chi connectivity index (χ1) is 18.0. The van der Waals surface area contributed by atoms with Crippen molar-refractivity contribution >= 4 is 23.5 Å². The monoisotopic (exact) mass is 514 g/mol. The van der Waals surface area contributed by atoms with E-state index in [0.717, 1.165) is 62.2 Å². The van der Waals surface area contributed by atoms with E-state index in [9.17, 15) is 14.4 Å². The van der Waals surface area contributed by atoms with Gasteiger partial charge in [0.2, 0.25) is 11.8 Å². The summed E-state index contributed by atoms with van der Waals surface area (Å²) in [5, 5.41) is 2.89. The quantitative estimate of drug-likeness (QED) is 0.228. The second-order valence-electron chi connectivity index (χ2n) is 10.5. The fourth-order valence-corrected chi connectivity index (χ4v) is 5.31. The topological polar surface area (TPSA) is 84.9 Å². The number of hydrogen-bond acceptors (Lipinski definition) is 5. The molecule has 1 aromatic carbocycles. The lowest BCUT2D eigenvalue weighted by Gasteiger charge is -2.30. The van der Waals surface area contributed by atoms with Gasteiger partial charge in [0.15, 0.2) is 0 Å². The highest BCUT2D eigenvalue weighted by Crippen LogP contribution is 2.27. The van der Waals surface area contributed by atoms with Gasteiger partial charge in [-0.25, -0.2) is 0 Å². The molecule has 2 aliphatic rings. The predicted octanol–water partition coefficient (Wildman–Crippen LogP) is 6.04. The normalized spacial score (nSPS) is 16.4. The van der Waals surface area contributed by atoms with E-state index in [1.165, 1.54) is 32.1 Å². The maximum Gasteiger partial charge on any atom is 0.305 e. The first-order valence-corrected chi connectivity index (χ1v) is 14.5. The van der Waals surface area contributed by atoms with E-state index in [0.29, 0.717) is 38.2 Å². The SMILES string of the molecule is CCC(=O)OC(CC)CCCCN(CC1CCCCC1)C(=O)CCCOc1ccc2c(c1)CCC(=O)N2. The second kappa shape index (κ2) is 15.6. The van der Waals surface area contributed by atoms with Crippen LogP contribution in [0.5, 0.6) is 5.75 Å². The fourth-order valence-electron chi connectivity index (χ4n) is 5.31. The highest BCUT2D eigenvalue weighted by atomic mass is 16.5. The Labute approximate surface area is 222 Å². The molecule has 1 N–H and O–H groups in total. The second-order valence-corrected chi connectivity index (χ2v) is 10.5. The molecule has 1 aliphatic carbocycles. The van der Waals surface area contributed by atoms with Crippen molar-refractivity contribution in [3.8, 4) is 5.75 Å². The van der Waals surface area contributed by atoms with Gasteiger partial charge in [-0.2, -0.15) is 0 Å². The zero-order chi connectivity index (χ0) is 26.5. The minimum absolute atomic E-state index is 0.0213. The fraction of sp³-hybridized carbons (Fsp3) is 0.700. The van der Waals surface area contributed by atoms with E-state index >= 15 is 0 Å². The van der Waals surface area contributed by atoms with Gasteiger partial charge in [0.1, 0.15) is 11.9 Å². The van der Waals surface area contributed by atoms with Crippen LogP contribution >= 0.6 is 0 Å². The van der Waals surface area contributed by atoms with Crippen LogP contribution in [-0.2, 0) is 25.5 Å². The first-order valence-electron chi connectivity index (χ1n) is 14.5. The average Bonchev–Trinajstić information content (AvgIpc) is 2.92. The van der Waals surface area contributed by atoms with Gasteiger partial charge in [-0.15, -0.1) is 0 Å². The van der Waals surface area contributed by atoms with Gasteiger partial charge in [-0.05, 0) is 81.0 Å².